The van der Waals surface area contributed by atoms with Crippen molar-refractivity contribution in [2.75, 3.05) is 26.2 Å². The number of ether oxygens (including phenoxy) is 1. The lowest BCUT2D eigenvalue weighted by molar-refractivity contribution is -0.128. The summed E-state index contributed by atoms with van der Waals surface area (Å²) in [6, 6.07) is 3.50. The summed E-state index contributed by atoms with van der Waals surface area (Å²) in [6.07, 6.45) is 10.9. The van der Waals surface area contributed by atoms with Gasteiger partial charge < -0.3 is 10.1 Å². The molecule has 1 N–H and O–H groups in total. The van der Waals surface area contributed by atoms with Gasteiger partial charge in [-0.2, -0.15) is 5.10 Å². The molecule has 1 atom stereocenters. The molecule has 0 saturated carbocycles. The molecule has 0 aliphatic carbocycles. The van der Waals surface area contributed by atoms with E-state index in [-0.39, 0.29) is 11.5 Å². The first-order valence-electron chi connectivity index (χ1n) is 11.6. The first-order chi connectivity index (χ1) is 15.1. The number of carbonyl (C=O) groups excluding carboxylic acids is 1. The third kappa shape index (κ3) is 5.52. The van der Waals surface area contributed by atoms with E-state index in [0.29, 0.717) is 18.0 Å². The van der Waals surface area contributed by atoms with Gasteiger partial charge in [0.2, 0.25) is 0 Å². The maximum Gasteiger partial charge on any atom is 0.251 e. The van der Waals surface area contributed by atoms with Crippen LogP contribution in [0.25, 0.3) is 0 Å². The molecular formula is C24H35N5O2. The van der Waals surface area contributed by atoms with E-state index in [1.807, 2.05) is 4.68 Å². The van der Waals surface area contributed by atoms with E-state index < -0.39 is 0 Å². The second-order valence-corrected chi connectivity index (χ2v) is 9.04. The van der Waals surface area contributed by atoms with Crippen LogP contribution in [0.15, 0.2) is 30.7 Å². The number of aromatic nitrogens is 3. The van der Waals surface area contributed by atoms with Crippen molar-refractivity contribution < 1.29 is 9.53 Å². The van der Waals surface area contributed by atoms with Crippen LogP contribution < -0.4 is 5.32 Å². The van der Waals surface area contributed by atoms with Crippen LogP contribution in [0.1, 0.15) is 60.6 Å². The Kier molecular flexibility index (Phi) is 7.02. The van der Waals surface area contributed by atoms with Crippen LogP contribution >= 0.6 is 0 Å². The molecule has 1 amide bonds. The highest BCUT2D eigenvalue weighted by Gasteiger charge is 2.40. The van der Waals surface area contributed by atoms with Gasteiger partial charge in [-0.15, -0.1) is 0 Å². The van der Waals surface area contributed by atoms with E-state index in [1.54, 1.807) is 24.5 Å². The summed E-state index contributed by atoms with van der Waals surface area (Å²) < 4.78 is 8.37. The predicted molar refractivity (Wildman–Crippen MR) is 120 cm³/mol. The molecule has 7 heteroatoms. The summed E-state index contributed by atoms with van der Waals surface area (Å²) in [5.41, 5.74) is 3.18. The Bertz CT molecular complexity index is 858. The molecule has 0 bridgehead atoms. The lowest BCUT2D eigenvalue weighted by Gasteiger charge is -2.46. The average Bonchev–Trinajstić information content (AvgIpc) is 3.15. The normalized spacial score (nSPS) is 21.3. The van der Waals surface area contributed by atoms with Crippen molar-refractivity contribution >= 4 is 5.91 Å². The van der Waals surface area contributed by atoms with Crippen molar-refractivity contribution in [3.8, 4) is 0 Å². The molecule has 2 aromatic heterocycles. The average molecular weight is 426 g/mol. The standard InChI is InChI=1S/C24H35N5O2/c1-3-29-18-22(19(2)27-29)17-28-13-8-24(9-14-28)16-20(7-15-31-24)4-12-26-23(30)21-5-10-25-11-6-21/h5-6,10-11,18,20H,3-4,7-9,12-17H2,1-2H3,(H,26,30). The lowest BCUT2D eigenvalue weighted by Crippen LogP contribution is -2.49. The second kappa shape index (κ2) is 9.92. The number of rotatable bonds is 7. The van der Waals surface area contributed by atoms with Crippen molar-refractivity contribution in [1.82, 2.24) is 25.0 Å². The quantitative estimate of drug-likeness (QED) is 0.738. The van der Waals surface area contributed by atoms with Crippen LogP contribution in [0, 0.1) is 12.8 Å². The molecule has 168 valence electrons. The number of amides is 1. The van der Waals surface area contributed by atoms with Gasteiger partial charge in [0, 0.05) is 69.0 Å². The van der Waals surface area contributed by atoms with Gasteiger partial charge in [-0.1, -0.05) is 0 Å². The van der Waals surface area contributed by atoms with E-state index >= 15 is 0 Å². The molecule has 4 heterocycles. The number of hydrogen-bond acceptors (Lipinski definition) is 5. The third-order valence-corrected chi connectivity index (χ3v) is 6.91. The number of aryl methyl sites for hydroxylation is 2. The number of piperidine rings is 1. The minimum Gasteiger partial charge on any atom is -0.375 e. The van der Waals surface area contributed by atoms with Crippen molar-refractivity contribution in [1.29, 1.82) is 0 Å². The fourth-order valence-corrected chi connectivity index (χ4v) is 4.96. The van der Waals surface area contributed by atoms with Gasteiger partial charge in [-0.05, 0) is 64.0 Å². The minimum atomic E-state index is -0.0147. The van der Waals surface area contributed by atoms with Crippen LogP contribution in [0.2, 0.25) is 0 Å². The van der Waals surface area contributed by atoms with Crippen LogP contribution in [0.5, 0.6) is 0 Å². The topological polar surface area (TPSA) is 72.3 Å². The zero-order valence-corrected chi connectivity index (χ0v) is 18.8. The van der Waals surface area contributed by atoms with Gasteiger partial charge in [0.15, 0.2) is 0 Å². The van der Waals surface area contributed by atoms with Gasteiger partial charge in [0.25, 0.3) is 5.91 Å². The molecule has 1 spiro atoms. The molecule has 7 nitrogen and oxygen atoms in total. The van der Waals surface area contributed by atoms with E-state index in [0.717, 1.165) is 70.6 Å². The van der Waals surface area contributed by atoms with Crippen LogP contribution in [0.4, 0.5) is 0 Å². The number of nitrogens with zero attached hydrogens (tertiary/aromatic N) is 4. The molecular weight excluding hydrogens is 390 g/mol. The van der Waals surface area contributed by atoms with Gasteiger partial charge in [-0.3, -0.25) is 19.4 Å². The zero-order valence-electron chi connectivity index (χ0n) is 18.8. The fraction of sp³-hybridized carbons (Fsp3) is 0.625. The monoisotopic (exact) mass is 425 g/mol. The Morgan fingerprint density at radius 2 is 2.06 bits per heavy atom. The first kappa shape index (κ1) is 22.0. The number of nitrogens with one attached hydrogen (secondary N) is 1. The Morgan fingerprint density at radius 1 is 1.29 bits per heavy atom. The molecule has 2 saturated heterocycles. The Hall–Kier alpha value is -2.25. The number of pyridine rings is 1. The summed E-state index contributed by atoms with van der Waals surface area (Å²) in [7, 11) is 0. The highest BCUT2D eigenvalue weighted by atomic mass is 16.5. The van der Waals surface area contributed by atoms with Crippen molar-refractivity contribution in [2.45, 2.75) is 64.6 Å². The third-order valence-electron chi connectivity index (χ3n) is 6.91. The Labute approximate surface area is 185 Å². The van der Waals surface area contributed by atoms with Crippen LogP contribution in [-0.2, 0) is 17.8 Å². The van der Waals surface area contributed by atoms with E-state index in [4.69, 9.17) is 4.74 Å². The largest absolute Gasteiger partial charge is 0.375 e. The molecule has 31 heavy (non-hydrogen) atoms. The molecule has 1 unspecified atom stereocenters. The Morgan fingerprint density at radius 3 is 2.77 bits per heavy atom. The number of hydrogen-bond donors (Lipinski definition) is 1. The van der Waals surface area contributed by atoms with Crippen LogP contribution in [-0.4, -0.2) is 57.4 Å². The van der Waals surface area contributed by atoms with E-state index in [2.05, 4.69) is 40.3 Å². The molecule has 2 aromatic rings. The summed E-state index contributed by atoms with van der Waals surface area (Å²) in [5.74, 6) is 0.599. The number of carbonyl (C=O) groups is 1. The van der Waals surface area contributed by atoms with Crippen molar-refractivity contribution in [3.05, 3.63) is 47.5 Å². The molecule has 2 aliphatic rings. The molecule has 0 radical (unpaired) electrons. The summed E-state index contributed by atoms with van der Waals surface area (Å²) in [5, 5.41) is 7.64. The minimum absolute atomic E-state index is 0.0147. The van der Waals surface area contributed by atoms with Crippen LogP contribution in [0.3, 0.4) is 0 Å². The first-order valence-corrected chi connectivity index (χ1v) is 11.6. The lowest BCUT2D eigenvalue weighted by atomic mass is 9.78. The Balaban J connectivity index is 1.23. The smallest absolute Gasteiger partial charge is 0.251 e. The fourth-order valence-electron chi connectivity index (χ4n) is 4.96. The molecule has 2 aliphatic heterocycles. The maximum atomic E-state index is 12.2. The van der Waals surface area contributed by atoms with E-state index in [9.17, 15) is 4.79 Å². The summed E-state index contributed by atoms with van der Waals surface area (Å²) >= 11 is 0. The zero-order chi connectivity index (χ0) is 21.7. The molecule has 2 fully saturated rings. The second-order valence-electron chi connectivity index (χ2n) is 9.04. The molecule has 4 rings (SSSR count). The van der Waals surface area contributed by atoms with Gasteiger partial charge >= 0.3 is 0 Å². The maximum absolute atomic E-state index is 12.2. The van der Waals surface area contributed by atoms with Gasteiger partial charge in [0.05, 0.1) is 11.3 Å². The summed E-state index contributed by atoms with van der Waals surface area (Å²) in [4.78, 5) is 18.7. The summed E-state index contributed by atoms with van der Waals surface area (Å²) in [6.45, 7) is 9.83. The highest BCUT2D eigenvalue weighted by Crippen LogP contribution is 2.39. The highest BCUT2D eigenvalue weighted by molar-refractivity contribution is 5.93. The SMILES string of the molecule is CCn1cc(CN2CCC3(CC2)CC(CCNC(=O)c2ccncc2)CCO3)c(C)n1. The molecule has 0 aromatic carbocycles. The predicted octanol–water partition coefficient (Wildman–Crippen LogP) is 3.19. The van der Waals surface area contributed by atoms with Crippen molar-refractivity contribution in [2.24, 2.45) is 5.92 Å². The van der Waals surface area contributed by atoms with Gasteiger partial charge in [0.1, 0.15) is 0 Å². The van der Waals surface area contributed by atoms with E-state index in [1.165, 1.54) is 5.56 Å². The van der Waals surface area contributed by atoms with Crippen molar-refractivity contribution in [3.63, 3.8) is 0 Å². The van der Waals surface area contributed by atoms with Gasteiger partial charge in [-0.25, -0.2) is 0 Å². The number of likely N-dealkylation sites (tertiary alicyclic amines) is 1.